The zero-order valence-corrected chi connectivity index (χ0v) is 17.6. The molecule has 4 heterocycles. The maximum absolute atomic E-state index is 13.3. The van der Waals surface area contributed by atoms with E-state index in [1.165, 1.54) is 0 Å². The lowest BCUT2D eigenvalue weighted by Gasteiger charge is -2.41. The van der Waals surface area contributed by atoms with Crippen molar-refractivity contribution in [3.05, 3.63) is 36.0 Å². The van der Waals surface area contributed by atoms with E-state index in [0.717, 1.165) is 35.7 Å². The van der Waals surface area contributed by atoms with Crippen molar-refractivity contribution in [1.82, 2.24) is 14.8 Å². The van der Waals surface area contributed by atoms with Crippen LogP contribution < -0.4 is 0 Å². The molecule has 0 radical (unpaired) electrons. The Morgan fingerprint density at radius 3 is 2.74 bits per heavy atom. The van der Waals surface area contributed by atoms with Gasteiger partial charge in [0.15, 0.2) is 0 Å². The smallest absolute Gasteiger partial charge is 0.227 e. The molecule has 1 aromatic carbocycles. The summed E-state index contributed by atoms with van der Waals surface area (Å²) in [4.78, 5) is 33.3. The summed E-state index contributed by atoms with van der Waals surface area (Å²) in [5, 5.41) is 11.2. The predicted octanol–water partition coefficient (Wildman–Crippen LogP) is 1.56. The molecule has 1 aliphatic carbocycles. The first kappa shape index (κ1) is 19.3. The van der Waals surface area contributed by atoms with Crippen LogP contribution in [-0.2, 0) is 20.7 Å². The largest absolute Gasteiger partial charge is 0.396 e. The monoisotopic (exact) mass is 423 g/mol. The fraction of sp³-hybridized carbons (Fsp3) is 0.583. The number of amides is 2. The van der Waals surface area contributed by atoms with Crippen LogP contribution in [0.2, 0.25) is 0 Å². The number of carbonyl (C=O) groups excluding carboxylic acids is 2. The maximum atomic E-state index is 13.3. The summed E-state index contributed by atoms with van der Waals surface area (Å²) in [6.45, 7) is 2.23. The highest BCUT2D eigenvalue weighted by Crippen LogP contribution is 2.49. The molecule has 7 nitrogen and oxygen atoms in total. The Morgan fingerprint density at radius 1 is 1.16 bits per heavy atom. The maximum Gasteiger partial charge on any atom is 0.227 e. The van der Waals surface area contributed by atoms with Crippen LogP contribution in [0.25, 0.3) is 10.9 Å². The van der Waals surface area contributed by atoms with Crippen LogP contribution in [0.3, 0.4) is 0 Å². The summed E-state index contributed by atoms with van der Waals surface area (Å²) >= 11 is 0. The molecular formula is C24H29N3O4. The lowest BCUT2D eigenvalue weighted by atomic mass is 9.83. The number of hydrogen-bond donors (Lipinski definition) is 2. The first-order valence-electron chi connectivity index (χ1n) is 11.5. The minimum absolute atomic E-state index is 0.0231. The number of morpholine rings is 1. The minimum Gasteiger partial charge on any atom is -0.396 e. The van der Waals surface area contributed by atoms with E-state index in [-0.39, 0.29) is 42.3 Å². The van der Waals surface area contributed by atoms with Gasteiger partial charge in [-0.1, -0.05) is 24.6 Å². The Bertz CT molecular complexity index is 1030. The fourth-order valence-corrected chi connectivity index (χ4v) is 6.26. The summed E-state index contributed by atoms with van der Waals surface area (Å²) in [6.07, 6.45) is 5.20. The highest BCUT2D eigenvalue weighted by Gasteiger charge is 2.63. The average Bonchev–Trinajstić information content (AvgIpc) is 3.34. The summed E-state index contributed by atoms with van der Waals surface area (Å²) < 4.78 is 6.46. The molecule has 3 aliphatic heterocycles. The van der Waals surface area contributed by atoms with Gasteiger partial charge in [-0.2, -0.15) is 0 Å². The molecule has 0 unspecified atom stereocenters. The SMILES string of the molecule is O=C(Cc1c[nH]c2ccccc12)N1C[C@H]2O[C@]3(C1)CN(C(=O)C1CCC1)C[C@@H]3[C@@H]2CO. The molecule has 1 saturated carbocycles. The van der Waals surface area contributed by atoms with E-state index in [4.69, 9.17) is 4.74 Å². The molecule has 31 heavy (non-hydrogen) atoms. The van der Waals surface area contributed by atoms with Crippen LogP contribution in [0.4, 0.5) is 0 Å². The molecule has 2 aromatic rings. The Labute approximate surface area is 181 Å². The van der Waals surface area contributed by atoms with Crippen LogP contribution in [0.15, 0.2) is 30.5 Å². The van der Waals surface area contributed by atoms with Crippen molar-refractivity contribution in [2.45, 2.75) is 37.4 Å². The summed E-state index contributed by atoms with van der Waals surface area (Å²) in [7, 11) is 0. The number of hydrogen-bond acceptors (Lipinski definition) is 4. The van der Waals surface area contributed by atoms with Gasteiger partial charge in [0.2, 0.25) is 11.8 Å². The van der Waals surface area contributed by atoms with Crippen molar-refractivity contribution in [3.8, 4) is 0 Å². The third-order valence-electron chi connectivity index (χ3n) is 8.14. The van der Waals surface area contributed by atoms with Crippen molar-refractivity contribution in [1.29, 1.82) is 0 Å². The van der Waals surface area contributed by atoms with E-state index < -0.39 is 5.60 Å². The van der Waals surface area contributed by atoms with Gasteiger partial charge < -0.3 is 24.6 Å². The Kier molecular flexibility index (Phi) is 4.40. The molecule has 1 spiro atoms. The number of aliphatic hydroxyl groups excluding tert-OH is 1. The lowest BCUT2D eigenvalue weighted by molar-refractivity contribution is -0.155. The molecule has 3 saturated heterocycles. The lowest BCUT2D eigenvalue weighted by Crippen LogP contribution is -2.56. The number of aliphatic hydroxyl groups is 1. The van der Waals surface area contributed by atoms with Crippen molar-refractivity contribution in [2.75, 3.05) is 32.8 Å². The van der Waals surface area contributed by atoms with Crippen LogP contribution in [0, 0.1) is 17.8 Å². The fourth-order valence-electron chi connectivity index (χ4n) is 6.26. The average molecular weight is 424 g/mol. The summed E-state index contributed by atoms with van der Waals surface area (Å²) in [6, 6.07) is 8.02. The van der Waals surface area contributed by atoms with E-state index in [0.29, 0.717) is 32.6 Å². The van der Waals surface area contributed by atoms with Gasteiger partial charge in [0.1, 0.15) is 5.60 Å². The molecule has 2 bridgehead atoms. The molecule has 2 N–H and O–H groups in total. The summed E-state index contributed by atoms with van der Waals surface area (Å²) in [5.41, 5.74) is 1.50. The number of aromatic nitrogens is 1. The molecule has 6 rings (SSSR count). The van der Waals surface area contributed by atoms with E-state index in [1.54, 1.807) is 0 Å². The highest BCUT2D eigenvalue weighted by molar-refractivity contribution is 5.89. The highest BCUT2D eigenvalue weighted by atomic mass is 16.5. The van der Waals surface area contributed by atoms with Crippen molar-refractivity contribution in [3.63, 3.8) is 0 Å². The zero-order chi connectivity index (χ0) is 21.2. The standard InChI is InChI=1S/C24H29N3O4/c28-12-18-19-10-27(23(30)15-4-3-5-15)14-24(19)13-26(11-21(18)31-24)22(29)8-16-9-25-20-7-2-1-6-17(16)20/h1-2,6-7,9,15,18-19,21,25,28H,3-5,8,10-14H2/t18-,19+,21+,24+/m0/s1. The summed E-state index contributed by atoms with van der Waals surface area (Å²) in [5.74, 6) is 0.539. The number of H-pyrrole nitrogens is 1. The second kappa shape index (κ2) is 7.07. The topological polar surface area (TPSA) is 85.9 Å². The van der Waals surface area contributed by atoms with Gasteiger partial charge in [-0.3, -0.25) is 9.59 Å². The van der Waals surface area contributed by atoms with Crippen molar-refractivity contribution >= 4 is 22.7 Å². The molecule has 4 fully saturated rings. The van der Waals surface area contributed by atoms with Crippen molar-refractivity contribution in [2.24, 2.45) is 17.8 Å². The molecule has 1 aromatic heterocycles. The number of para-hydroxylation sites is 1. The molecular weight excluding hydrogens is 394 g/mol. The van der Waals surface area contributed by atoms with Gasteiger partial charge >= 0.3 is 0 Å². The molecule has 4 aliphatic rings. The van der Waals surface area contributed by atoms with E-state index >= 15 is 0 Å². The number of nitrogens with zero attached hydrogens (tertiary/aromatic N) is 2. The molecule has 7 heteroatoms. The number of carbonyl (C=O) groups is 2. The number of rotatable bonds is 4. The quantitative estimate of drug-likeness (QED) is 0.782. The number of benzene rings is 1. The Morgan fingerprint density at radius 2 is 1.97 bits per heavy atom. The van der Waals surface area contributed by atoms with Gasteiger partial charge in [0.25, 0.3) is 0 Å². The van der Waals surface area contributed by atoms with Gasteiger partial charge in [0, 0.05) is 54.5 Å². The third kappa shape index (κ3) is 2.93. The first-order valence-corrected chi connectivity index (χ1v) is 11.5. The third-order valence-corrected chi connectivity index (χ3v) is 8.14. The van der Waals surface area contributed by atoms with Gasteiger partial charge in [-0.05, 0) is 24.5 Å². The van der Waals surface area contributed by atoms with E-state index in [2.05, 4.69) is 4.98 Å². The zero-order valence-electron chi connectivity index (χ0n) is 17.6. The Balaban J connectivity index is 1.22. The minimum atomic E-state index is -0.536. The van der Waals surface area contributed by atoms with Crippen LogP contribution >= 0.6 is 0 Å². The molecule has 2 amide bonds. The van der Waals surface area contributed by atoms with Crippen molar-refractivity contribution < 1.29 is 19.4 Å². The van der Waals surface area contributed by atoms with Gasteiger partial charge in [-0.15, -0.1) is 0 Å². The van der Waals surface area contributed by atoms with Gasteiger partial charge in [0.05, 0.1) is 25.6 Å². The molecule has 4 atom stereocenters. The number of fused-ring (bicyclic) bond motifs is 2. The normalized spacial score (nSPS) is 32.4. The molecule has 164 valence electrons. The number of aromatic amines is 1. The number of ether oxygens (including phenoxy) is 1. The van der Waals surface area contributed by atoms with E-state index in [9.17, 15) is 14.7 Å². The Hall–Kier alpha value is -2.38. The second-order valence-electron chi connectivity index (χ2n) is 9.83. The van der Waals surface area contributed by atoms with Crippen LogP contribution in [0.1, 0.15) is 24.8 Å². The first-order chi connectivity index (χ1) is 15.1. The number of likely N-dealkylation sites (tertiary alicyclic amines) is 2. The number of nitrogens with one attached hydrogen (secondary N) is 1. The second-order valence-corrected chi connectivity index (χ2v) is 9.83. The van der Waals surface area contributed by atoms with E-state index in [1.807, 2.05) is 40.3 Å². The van der Waals surface area contributed by atoms with Gasteiger partial charge in [-0.25, -0.2) is 0 Å². The van der Waals surface area contributed by atoms with Crippen LogP contribution in [-0.4, -0.2) is 76.2 Å². The van der Waals surface area contributed by atoms with Crippen LogP contribution in [0.5, 0.6) is 0 Å². The predicted molar refractivity (Wildman–Crippen MR) is 114 cm³/mol.